The summed E-state index contributed by atoms with van der Waals surface area (Å²) in [6.45, 7) is 0.335. The Hall–Kier alpha value is -1.02. The van der Waals surface area contributed by atoms with Crippen LogP contribution in [0.3, 0.4) is 0 Å². The first-order chi connectivity index (χ1) is 8.63. The summed E-state index contributed by atoms with van der Waals surface area (Å²) in [6, 6.07) is 3.71. The quantitative estimate of drug-likeness (QED) is 0.825. The molecule has 0 aliphatic rings. The van der Waals surface area contributed by atoms with E-state index in [2.05, 4.69) is 47.0 Å². The fraction of sp³-hybridized carbons (Fsp3) is 0.200. The van der Waals surface area contributed by atoms with Gasteiger partial charge in [0.05, 0.1) is 0 Å². The number of aromatic amines is 1. The van der Waals surface area contributed by atoms with Gasteiger partial charge in [0.1, 0.15) is 17.3 Å². The minimum absolute atomic E-state index is 0.163. The van der Waals surface area contributed by atoms with Crippen molar-refractivity contribution in [1.29, 1.82) is 0 Å². The summed E-state index contributed by atoms with van der Waals surface area (Å²) in [5.41, 5.74) is -0.163. The molecule has 1 N–H and O–H groups in total. The van der Waals surface area contributed by atoms with Crippen LogP contribution in [0.1, 0.15) is 0 Å². The SMILES string of the molecule is Fc1cccc(F)c1N(CCBr)c1n[nH]c(Br)n1. The molecule has 0 unspecified atom stereocenters. The van der Waals surface area contributed by atoms with Gasteiger partial charge in [0.25, 0.3) is 0 Å². The molecule has 8 heteroatoms. The van der Waals surface area contributed by atoms with Gasteiger partial charge in [-0.1, -0.05) is 22.0 Å². The lowest BCUT2D eigenvalue weighted by Gasteiger charge is -2.20. The summed E-state index contributed by atoms with van der Waals surface area (Å²) in [6.07, 6.45) is 0. The minimum atomic E-state index is -0.656. The van der Waals surface area contributed by atoms with Gasteiger partial charge in [0.15, 0.2) is 4.73 Å². The van der Waals surface area contributed by atoms with Gasteiger partial charge in [-0.3, -0.25) is 5.10 Å². The first-order valence-corrected chi connectivity index (χ1v) is 6.90. The fourth-order valence-electron chi connectivity index (χ4n) is 1.50. The molecule has 0 saturated carbocycles. The summed E-state index contributed by atoms with van der Waals surface area (Å²) in [4.78, 5) is 5.37. The van der Waals surface area contributed by atoms with E-state index in [0.29, 0.717) is 16.6 Å². The lowest BCUT2D eigenvalue weighted by atomic mass is 10.2. The van der Waals surface area contributed by atoms with Crippen molar-refractivity contribution in [2.45, 2.75) is 0 Å². The van der Waals surface area contributed by atoms with Gasteiger partial charge in [0, 0.05) is 11.9 Å². The molecule has 18 heavy (non-hydrogen) atoms. The van der Waals surface area contributed by atoms with E-state index in [4.69, 9.17) is 0 Å². The number of nitrogens with one attached hydrogen (secondary N) is 1. The Balaban J connectivity index is 2.47. The van der Waals surface area contributed by atoms with Gasteiger partial charge in [-0.05, 0) is 28.1 Å². The normalized spacial score (nSPS) is 10.7. The lowest BCUT2D eigenvalue weighted by molar-refractivity contribution is 0.580. The molecule has 0 bridgehead atoms. The third-order valence-electron chi connectivity index (χ3n) is 2.20. The third-order valence-corrected chi connectivity index (χ3v) is 2.91. The van der Waals surface area contributed by atoms with Crippen molar-refractivity contribution in [3.63, 3.8) is 0 Å². The summed E-state index contributed by atoms with van der Waals surface area (Å²) >= 11 is 6.34. The number of hydrogen-bond acceptors (Lipinski definition) is 3. The molecular formula is C10H8Br2F2N4. The summed E-state index contributed by atoms with van der Waals surface area (Å²) in [5.74, 6) is -1.11. The van der Waals surface area contributed by atoms with Crippen molar-refractivity contribution < 1.29 is 8.78 Å². The Morgan fingerprint density at radius 2 is 1.94 bits per heavy atom. The Bertz CT molecular complexity index is 526. The van der Waals surface area contributed by atoms with Gasteiger partial charge >= 0.3 is 0 Å². The average molecular weight is 382 g/mol. The van der Waals surface area contributed by atoms with Gasteiger partial charge in [-0.25, -0.2) is 8.78 Å². The zero-order chi connectivity index (χ0) is 13.1. The molecule has 1 heterocycles. The number of para-hydroxylation sites is 1. The van der Waals surface area contributed by atoms with Crippen LogP contribution in [0, 0.1) is 11.6 Å². The van der Waals surface area contributed by atoms with Crippen LogP contribution in [-0.4, -0.2) is 27.1 Å². The summed E-state index contributed by atoms with van der Waals surface area (Å²) in [5, 5.41) is 6.97. The molecule has 0 fully saturated rings. The average Bonchev–Trinajstić information content (AvgIpc) is 2.74. The number of nitrogens with zero attached hydrogens (tertiary/aromatic N) is 3. The van der Waals surface area contributed by atoms with Crippen molar-refractivity contribution in [2.24, 2.45) is 0 Å². The highest BCUT2D eigenvalue weighted by molar-refractivity contribution is 9.10. The van der Waals surface area contributed by atoms with E-state index >= 15 is 0 Å². The number of anilines is 2. The third kappa shape index (κ3) is 2.69. The van der Waals surface area contributed by atoms with Crippen LogP contribution in [0.25, 0.3) is 0 Å². The molecule has 0 amide bonds. The first kappa shape index (κ1) is 13.4. The predicted molar refractivity (Wildman–Crippen MR) is 71.2 cm³/mol. The van der Waals surface area contributed by atoms with Crippen molar-refractivity contribution in [2.75, 3.05) is 16.8 Å². The second-order valence-electron chi connectivity index (χ2n) is 3.34. The van der Waals surface area contributed by atoms with Gasteiger partial charge in [-0.15, -0.1) is 5.10 Å². The Kier molecular flexibility index (Phi) is 4.28. The molecular weight excluding hydrogens is 374 g/mol. The van der Waals surface area contributed by atoms with Crippen LogP contribution in [0.5, 0.6) is 0 Å². The monoisotopic (exact) mass is 380 g/mol. The number of rotatable bonds is 4. The van der Waals surface area contributed by atoms with E-state index in [9.17, 15) is 8.78 Å². The zero-order valence-electron chi connectivity index (χ0n) is 9.00. The van der Waals surface area contributed by atoms with Gasteiger partial charge in [-0.2, -0.15) is 4.98 Å². The molecule has 1 aromatic carbocycles. The number of alkyl halides is 1. The Morgan fingerprint density at radius 3 is 2.44 bits per heavy atom. The van der Waals surface area contributed by atoms with Crippen LogP contribution in [0.15, 0.2) is 22.9 Å². The molecule has 4 nitrogen and oxygen atoms in total. The number of hydrogen-bond donors (Lipinski definition) is 1. The number of halogens is 4. The van der Waals surface area contributed by atoms with Crippen molar-refractivity contribution >= 4 is 43.5 Å². The van der Waals surface area contributed by atoms with Crippen LogP contribution in [-0.2, 0) is 0 Å². The Labute approximate surface area is 119 Å². The number of H-pyrrole nitrogens is 1. The highest BCUT2D eigenvalue weighted by atomic mass is 79.9. The molecule has 2 aromatic rings. The van der Waals surface area contributed by atoms with Crippen LogP contribution >= 0.6 is 31.9 Å². The molecule has 0 saturated heterocycles. The largest absolute Gasteiger partial charge is 0.303 e. The molecule has 0 aliphatic carbocycles. The van der Waals surface area contributed by atoms with E-state index in [0.717, 1.165) is 0 Å². The molecule has 96 valence electrons. The van der Waals surface area contributed by atoms with Crippen LogP contribution in [0.2, 0.25) is 0 Å². The standard InChI is InChI=1S/C10H8Br2F2N4/c11-4-5-18(10-15-9(12)16-17-10)8-6(13)2-1-3-7(8)14/h1-3H,4-5H2,(H,15,16,17). The van der Waals surface area contributed by atoms with Crippen molar-refractivity contribution in [3.05, 3.63) is 34.6 Å². The highest BCUT2D eigenvalue weighted by Crippen LogP contribution is 2.28. The highest BCUT2D eigenvalue weighted by Gasteiger charge is 2.20. The molecule has 0 radical (unpaired) electrons. The predicted octanol–water partition coefficient (Wildman–Crippen LogP) is 3.38. The van der Waals surface area contributed by atoms with Gasteiger partial charge < -0.3 is 4.90 Å². The second kappa shape index (κ2) is 5.75. The number of aromatic nitrogens is 3. The minimum Gasteiger partial charge on any atom is -0.303 e. The van der Waals surface area contributed by atoms with Crippen molar-refractivity contribution in [1.82, 2.24) is 15.2 Å². The van der Waals surface area contributed by atoms with Crippen molar-refractivity contribution in [3.8, 4) is 0 Å². The maximum atomic E-state index is 13.7. The van der Waals surface area contributed by atoms with Gasteiger partial charge in [0.2, 0.25) is 5.95 Å². The molecule has 2 rings (SSSR count). The summed E-state index contributed by atoms with van der Waals surface area (Å²) < 4.78 is 27.9. The summed E-state index contributed by atoms with van der Waals surface area (Å²) in [7, 11) is 0. The zero-order valence-corrected chi connectivity index (χ0v) is 12.2. The maximum absolute atomic E-state index is 13.7. The molecule has 0 spiro atoms. The molecule has 0 atom stereocenters. The van der Waals surface area contributed by atoms with E-state index < -0.39 is 11.6 Å². The molecule has 1 aromatic heterocycles. The Morgan fingerprint density at radius 1 is 1.28 bits per heavy atom. The van der Waals surface area contributed by atoms with Crippen LogP contribution < -0.4 is 4.90 Å². The molecule has 0 aliphatic heterocycles. The van der Waals surface area contributed by atoms with E-state index in [-0.39, 0.29) is 11.6 Å². The lowest BCUT2D eigenvalue weighted by Crippen LogP contribution is -2.23. The van der Waals surface area contributed by atoms with E-state index in [1.54, 1.807) is 0 Å². The van der Waals surface area contributed by atoms with Crippen LogP contribution in [0.4, 0.5) is 20.4 Å². The second-order valence-corrected chi connectivity index (χ2v) is 4.88. The fourth-order valence-corrected chi connectivity index (χ4v) is 2.10. The van der Waals surface area contributed by atoms with E-state index in [1.807, 2.05) is 0 Å². The maximum Gasteiger partial charge on any atom is 0.250 e. The smallest absolute Gasteiger partial charge is 0.250 e. The number of benzene rings is 1. The topological polar surface area (TPSA) is 44.8 Å². The van der Waals surface area contributed by atoms with E-state index in [1.165, 1.54) is 23.1 Å². The first-order valence-electron chi connectivity index (χ1n) is 4.99.